The van der Waals surface area contributed by atoms with Crippen LogP contribution in [0, 0.1) is 6.92 Å². The summed E-state index contributed by atoms with van der Waals surface area (Å²) in [6.07, 6.45) is 0. The number of hydrogen-bond acceptors (Lipinski definition) is 3. The number of benzene rings is 2. The quantitative estimate of drug-likeness (QED) is 0.781. The molecule has 0 fully saturated rings. The van der Waals surface area contributed by atoms with Crippen LogP contribution in [-0.2, 0) is 0 Å². The topological polar surface area (TPSA) is 74.8 Å². The Balaban J connectivity index is 1.84. The lowest BCUT2D eigenvalue weighted by Crippen LogP contribution is -2.12. The van der Waals surface area contributed by atoms with Crippen LogP contribution < -0.4 is 10.9 Å². The zero-order valence-corrected chi connectivity index (χ0v) is 12.5. The van der Waals surface area contributed by atoms with E-state index in [1.54, 1.807) is 12.1 Å². The van der Waals surface area contributed by atoms with Crippen molar-refractivity contribution >= 4 is 11.6 Å². The summed E-state index contributed by atoms with van der Waals surface area (Å²) in [5.41, 5.74) is 3.50. The fraction of sp³-hybridized carbons (Fsp3) is 0.0556. The van der Waals surface area contributed by atoms with Crippen molar-refractivity contribution < 1.29 is 4.79 Å². The molecule has 2 aromatic carbocycles. The maximum atomic E-state index is 12.3. The molecule has 1 aromatic heterocycles. The molecule has 23 heavy (non-hydrogen) atoms. The van der Waals surface area contributed by atoms with Crippen LogP contribution in [0.2, 0.25) is 0 Å². The third-order valence-electron chi connectivity index (χ3n) is 3.38. The first kappa shape index (κ1) is 14.7. The molecular weight excluding hydrogens is 290 g/mol. The van der Waals surface area contributed by atoms with Crippen molar-refractivity contribution in [3.63, 3.8) is 0 Å². The maximum Gasteiger partial charge on any atom is 0.264 e. The van der Waals surface area contributed by atoms with Gasteiger partial charge in [-0.25, -0.2) is 5.10 Å². The predicted octanol–water partition coefficient (Wildman–Crippen LogP) is 3.00. The summed E-state index contributed by atoms with van der Waals surface area (Å²) >= 11 is 0. The maximum absolute atomic E-state index is 12.3. The molecule has 2 N–H and O–H groups in total. The normalized spacial score (nSPS) is 10.3. The molecule has 0 aliphatic carbocycles. The number of nitrogens with zero attached hydrogens (tertiary/aromatic N) is 1. The number of aromatic amines is 1. The van der Waals surface area contributed by atoms with Gasteiger partial charge in [0.1, 0.15) is 0 Å². The second-order valence-electron chi connectivity index (χ2n) is 5.21. The molecule has 0 aliphatic rings. The van der Waals surface area contributed by atoms with Crippen molar-refractivity contribution in [3.8, 4) is 11.3 Å². The van der Waals surface area contributed by atoms with E-state index in [1.165, 1.54) is 6.07 Å². The molecule has 0 saturated heterocycles. The Kier molecular flexibility index (Phi) is 4.01. The molecule has 0 unspecified atom stereocenters. The summed E-state index contributed by atoms with van der Waals surface area (Å²) in [5.74, 6) is -0.166. The highest BCUT2D eigenvalue weighted by Crippen LogP contribution is 2.20. The zero-order chi connectivity index (χ0) is 16.2. The predicted molar refractivity (Wildman–Crippen MR) is 89.4 cm³/mol. The van der Waals surface area contributed by atoms with Gasteiger partial charge in [-0.2, -0.15) is 5.10 Å². The van der Waals surface area contributed by atoms with Gasteiger partial charge in [0, 0.05) is 22.9 Å². The number of carbonyl (C=O) groups is 1. The van der Waals surface area contributed by atoms with E-state index in [9.17, 15) is 9.59 Å². The number of anilines is 1. The van der Waals surface area contributed by atoms with Crippen LogP contribution in [0.15, 0.2) is 65.5 Å². The van der Waals surface area contributed by atoms with E-state index in [4.69, 9.17) is 0 Å². The van der Waals surface area contributed by atoms with Gasteiger partial charge in [-0.3, -0.25) is 9.59 Å². The average molecular weight is 305 g/mol. The molecule has 0 radical (unpaired) electrons. The van der Waals surface area contributed by atoms with Crippen LogP contribution >= 0.6 is 0 Å². The van der Waals surface area contributed by atoms with E-state index in [2.05, 4.69) is 15.5 Å². The molecule has 3 rings (SSSR count). The van der Waals surface area contributed by atoms with Crippen molar-refractivity contribution in [2.75, 3.05) is 5.32 Å². The number of carbonyl (C=O) groups excluding carboxylic acids is 1. The van der Waals surface area contributed by atoms with Crippen LogP contribution in [0.25, 0.3) is 11.3 Å². The van der Waals surface area contributed by atoms with Crippen LogP contribution in [0.5, 0.6) is 0 Å². The smallest absolute Gasteiger partial charge is 0.264 e. The van der Waals surface area contributed by atoms with Crippen LogP contribution in [-0.4, -0.2) is 16.1 Å². The Labute approximate surface area is 133 Å². The van der Waals surface area contributed by atoms with Crippen molar-refractivity contribution in [3.05, 3.63) is 82.1 Å². The van der Waals surface area contributed by atoms with Gasteiger partial charge >= 0.3 is 0 Å². The fourth-order valence-electron chi connectivity index (χ4n) is 2.25. The number of rotatable bonds is 3. The van der Waals surface area contributed by atoms with Crippen LogP contribution in [0.3, 0.4) is 0 Å². The molecule has 3 aromatic rings. The molecule has 1 amide bonds. The molecule has 0 aliphatic heterocycles. The number of H-pyrrole nitrogens is 1. The van der Waals surface area contributed by atoms with Crippen LogP contribution in [0.4, 0.5) is 5.69 Å². The van der Waals surface area contributed by atoms with Crippen molar-refractivity contribution in [1.29, 1.82) is 0 Å². The van der Waals surface area contributed by atoms with E-state index < -0.39 is 0 Å². The van der Waals surface area contributed by atoms with Gasteiger partial charge in [-0.15, -0.1) is 0 Å². The average Bonchev–Trinajstić information content (AvgIpc) is 2.56. The third-order valence-corrected chi connectivity index (χ3v) is 3.38. The lowest BCUT2D eigenvalue weighted by atomic mass is 10.1. The van der Waals surface area contributed by atoms with E-state index in [1.807, 2.05) is 49.4 Å². The minimum Gasteiger partial charge on any atom is -0.322 e. The fourth-order valence-corrected chi connectivity index (χ4v) is 2.25. The summed E-state index contributed by atoms with van der Waals surface area (Å²) < 4.78 is 0. The monoisotopic (exact) mass is 305 g/mol. The molecule has 0 saturated carbocycles. The summed E-state index contributed by atoms with van der Waals surface area (Å²) in [6.45, 7) is 1.94. The first-order valence-corrected chi connectivity index (χ1v) is 7.16. The number of amides is 1. The second kappa shape index (κ2) is 6.27. The van der Waals surface area contributed by atoms with E-state index in [-0.39, 0.29) is 11.5 Å². The zero-order valence-electron chi connectivity index (χ0n) is 12.5. The number of hydrogen-bond donors (Lipinski definition) is 2. The molecule has 0 bridgehead atoms. The van der Waals surface area contributed by atoms with Gasteiger partial charge < -0.3 is 5.32 Å². The molecule has 5 nitrogen and oxygen atoms in total. The molecule has 1 heterocycles. The van der Waals surface area contributed by atoms with Gasteiger partial charge in [-0.05, 0) is 37.3 Å². The highest BCUT2D eigenvalue weighted by molar-refractivity contribution is 6.04. The summed E-state index contributed by atoms with van der Waals surface area (Å²) in [4.78, 5) is 23.4. The number of nitrogens with one attached hydrogen (secondary N) is 2. The third kappa shape index (κ3) is 3.52. The Morgan fingerprint density at radius 2 is 1.87 bits per heavy atom. The first-order valence-electron chi connectivity index (χ1n) is 7.16. The SMILES string of the molecule is Cc1cccc(C(=O)Nc2cccc(-c3ccc(=O)[nH]n3)c2)c1. The molecular formula is C18H15N3O2. The summed E-state index contributed by atoms with van der Waals surface area (Å²) in [6, 6.07) is 17.8. The highest BCUT2D eigenvalue weighted by Gasteiger charge is 2.07. The molecule has 0 spiro atoms. The van der Waals surface area contributed by atoms with Crippen molar-refractivity contribution in [2.24, 2.45) is 0 Å². The van der Waals surface area contributed by atoms with Crippen molar-refractivity contribution in [1.82, 2.24) is 10.2 Å². The standard InChI is InChI=1S/C18H15N3O2/c1-12-4-2-6-14(10-12)18(23)19-15-7-3-5-13(11-15)16-8-9-17(22)21-20-16/h2-11H,1H3,(H,19,23)(H,21,22). The Bertz CT molecular complexity index is 895. The Morgan fingerprint density at radius 1 is 1.04 bits per heavy atom. The van der Waals surface area contributed by atoms with Gasteiger partial charge in [0.05, 0.1) is 5.69 Å². The number of aryl methyl sites for hydroxylation is 1. The lowest BCUT2D eigenvalue weighted by Gasteiger charge is -2.07. The minimum absolute atomic E-state index is 0.166. The van der Waals surface area contributed by atoms with Crippen LogP contribution in [0.1, 0.15) is 15.9 Å². The second-order valence-corrected chi connectivity index (χ2v) is 5.21. The minimum atomic E-state index is -0.252. The van der Waals surface area contributed by atoms with Crippen molar-refractivity contribution in [2.45, 2.75) is 6.92 Å². The number of aromatic nitrogens is 2. The van der Waals surface area contributed by atoms with E-state index in [0.29, 0.717) is 16.9 Å². The Hall–Kier alpha value is -3.21. The van der Waals surface area contributed by atoms with E-state index >= 15 is 0 Å². The van der Waals surface area contributed by atoms with Gasteiger partial charge in [-0.1, -0.05) is 29.8 Å². The van der Waals surface area contributed by atoms with E-state index in [0.717, 1.165) is 11.1 Å². The molecule has 5 heteroatoms. The van der Waals surface area contributed by atoms with Gasteiger partial charge in [0.25, 0.3) is 11.5 Å². The summed E-state index contributed by atoms with van der Waals surface area (Å²) in [5, 5.41) is 9.25. The van der Waals surface area contributed by atoms with Gasteiger partial charge in [0.2, 0.25) is 0 Å². The first-order chi connectivity index (χ1) is 11.1. The molecule has 0 atom stereocenters. The lowest BCUT2D eigenvalue weighted by molar-refractivity contribution is 0.102. The highest BCUT2D eigenvalue weighted by atomic mass is 16.1. The Morgan fingerprint density at radius 3 is 2.61 bits per heavy atom. The summed E-state index contributed by atoms with van der Waals surface area (Å²) in [7, 11) is 0. The molecule has 114 valence electrons. The largest absolute Gasteiger partial charge is 0.322 e. The van der Waals surface area contributed by atoms with Gasteiger partial charge in [0.15, 0.2) is 0 Å².